The zero-order valence-electron chi connectivity index (χ0n) is 20.6. The number of thioether (sulfide) groups is 1. The number of nitrogens with zero attached hydrogens (tertiary/aromatic N) is 1. The molecule has 192 valence electrons. The Morgan fingerprint density at radius 2 is 1.46 bits per heavy atom. The molecule has 2 amide bonds. The van der Waals surface area contributed by atoms with Crippen molar-refractivity contribution in [2.24, 2.45) is 0 Å². The molecule has 1 fully saturated rings. The van der Waals surface area contributed by atoms with Crippen LogP contribution in [0.25, 0.3) is 27.6 Å². The van der Waals surface area contributed by atoms with E-state index in [4.69, 9.17) is 4.74 Å². The predicted octanol–water partition coefficient (Wildman–Crippen LogP) is 9.33. The zero-order chi connectivity index (χ0) is 26.9. The monoisotopic (exact) mass is 657 g/mol. The number of carbonyl (C=O) groups is 2. The Bertz CT molecular complexity index is 1770. The Labute approximate surface area is 246 Å². The second-order valence-electron chi connectivity index (χ2n) is 9.19. The van der Waals surface area contributed by atoms with E-state index in [2.05, 4.69) is 62.2 Å². The van der Waals surface area contributed by atoms with Crippen molar-refractivity contribution >= 4 is 82.4 Å². The highest BCUT2D eigenvalue weighted by Gasteiger charge is 2.35. The zero-order valence-corrected chi connectivity index (χ0v) is 24.6. The van der Waals surface area contributed by atoms with Gasteiger partial charge in [0.25, 0.3) is 11.1 Å². The van der Waals surface area contributed by atoms with E-state index >= 15 is 0 Å². The van der Waals surface area contributed by atoms with Gasteiger partial charge in [0.1, 0.15) is 12.4 Å². The summed E-state index contributed by atoms with van der Waals surface area (Å²) in [5.74, 6) is 0.381. The van der Waals surface area contributed by atoms with E-state index in [9.17, 15) is 9.59 Å². The lowest BCUT2D eigenvalue weighted by Crippen LogP contribution is -2.27. The van der Waals surface area contributed by atoms with Gasteiger partial charge in [0.15, 0.2) is 0 Å². The second-order valence-corrected chi connectivity index (χ2v) is 11.9. The highest BCUT2D eigenvalue weighted by Crippen LogP contribution is 2.39. The molecule has 1 saturated heterocycles. The van der Waals surface area contributed by atoms with Crippen LogP contribution in [0.15, 0.2) is 111 Å². The summed E-state index contributed by atoms with van der Waals surface area (Å²) in [6.07, 6.45) is 1.75. The Morgan fingerprint density at radius 3 is 2.26 bits per heavy atom. The summed E-state index contributed by atoms with van der Waals surface area (Å²) in [6, 6.07) is 32.2. The van der Waals surface area contributed by atoms with Gasteiger partial charge in [-0.3, -0.25) is 14.5 Å². The van der Waals surface area contributed by atoms with Crippen molar-refractivity contribution in [3.63, 3.8) is 0 Å². The van der Waals surface area contributed by atoms with Crippen molar-refractivity contribution in [2.75, 3.05) is 0 Å². The molecule has 1 aliphatic rings. The summed E-state index contributed by atoms with van der Waals surface area (Å²) in [6.45, 7) is 0.646. The number of hydrogen-bond acceptors (Lipinski definition) is 4. The van der Waals surface area contributed by atoms with Crippen LogP contribution in [0.3, 0.4) is 0 Å². The maximum atomic E-state index is 13.2. The number of ether oxygens (including phenoxy) is 1. The lowest BCUT2D eigenvalue weighted by Gasteiger charge is -2.14. The van der Waals surface area contributed by atoms with Gasteiger partial charge >= 0.3 is 0 Å². The van der Waals surface area contributed by atoms with Crippen LogP contribution in [-0.2, 0) is 17.9 Å². The molecule has 0 unspecified atom stereocenters. The van der Waals surface area contributed by atoms with Crippen molar-refractivity contribution in [3.05, 3.63) is 128 Å². The predicted molar refractivity (Wildman–Crippen MR) is 166 cm³/mol. The van der Waals surface area contributed by atoms with Crippen molar-refractivity contribution in [1.82, 2.24) is 4.90 Å². The number of rotatable bonds is 6. The highest BCUT2D eigenvalue weighted by molar-refractivity contribution is 9.11. The third-order valence-corrected chi connectivity index (χ3v) is 8.68. The van der Waals surface area contributed by atoms with Crippen LogP contribution in [0, 0.1) is 0 Å². The molecule has 0 radical (unpaired) electrons. The topological polar surface area (TPSA) is 46.6 Å². The minimum Gasteiger partial charge on any atom is -0.487 e. The van der Waals surface area contributed by atoms with Crippen LogP contribution in [0.5, 0.6) is 5.75 Å². The largest absolute Gasteiger partial charge is 0.487 e. The van der Waals surface area contributed by atoms with Crippen LogP contribution in [0.1, 0.15) is 16.7 Å². The van der Waals surface area contributed by atoms with Crippen LogP contribution >= 0.6 is 43.6 Å². The molecule has 0 N–H and O–H groups in total. The lowest BCUT2D eigenvalue weighted by molar-refractivity contribution is -0.123. The average Bonchev–Trinajstić information content (AvgIpc) is 3.20. The number of benzene rings is 5. The van der Waals surface area contributed by atoms with Crippen molar-refractivity contribution in [1.29, 1.82) is 0 Å². The number of carbonyl (C=O) groups excluding carboxylic acids is 2. The molecule has 0 aromatic heterocycles. The molecule has 39 heavy (non-hydrogen) atoms. The molecule has 1 aliphatic heterocycles. The van der Waals surface area contributed by atoms with Crippen LogP contribution in [0.4, 0.5) is 4.79 Å². The third-order valence-electron chi connectivity index (χ3n) is 6.60. The molecule has 0 saturated carbocycles. The molecule has 0 bridgehead atoms. The standard InChI is InChI=1S/C32H21Br2NO3S/c33-27-15-21(16-28(34)30(27)38-19-20-12-13-22-6-1-2-8-24(22)14-20)17-29-31(36)35(32(37)39-29)18-25-10-5-9-23-7-3-4-11-26(23)25/h1-17H,18-19H2/b29-17+. The molecule has 0 spiro atoms. The smallest absolute Gasteiger partial charge is 0.293 e. The molecular formula is C32H21Br2NO3S. The van der Waals surface area contributed by atoms with Gasteiger partial charge < -0.3 is 4.74 Å². The Hall–Kier alpha value is -3.39. The van der Waals surface area contributed by atoms with E-state index in [0.717, 1.165) is 48.2 Å². The van der Waals surface area contributed by atoms with Crippen molar-refractivity contribution in [3.8, 4) is 5.75 Å². The SMILES string of the molecule is O=C1S/C(=C/c2cc(Br)c(OCc3ccc4ccccc4c3)c(Br)c2)C(=O)N1Cc1cccc2ccccc12. The molecule has 0 atom stereocenters. The molecule has 6 rings (SSSR count). The molecule has 4 nitrogen and oxygen atoms in total. The fourth-order valence-electron chi connectivity index (χ4n) is 4.67. The molecule has 1 heterocycles. The highest BCUT2D eigenvalue weighted by atomic mass is 79.9. The minimum absolute atomic E-state index is 0.234. The summed E-state index contributed by atoms with van der Waals surface area (Å²) in [5, 5.41) is 4.20. The van der Waals surface area contributed by atoms with Crippen LogP contribution < -0.4 is 4.74 Å². The van der Waals surface area contributed by atoms with E-state index < -0.39 is 0 Å². The quantitative estimate of drug-likeness (QED) is 0.171. The normalized spacial score (nSPS) is 14.6. The van der Waals surface area contributed by atoms with E-state index in [1.54, 1.807) is 6.08 Å². The third kappa shape index (κ3) is 5.39. The van der Waals surface area contributed by atoms with Crippen molar-refractivity contribution < 1.29 is 14.3 Å². The van der Waals surface area contributed by atoms with E-state index in [-0.39, 0.29) is 17.7 Å². The Balaban J connectivity index is 1.19. The van der Waals surface area contributed by atoms with Gasteiger partial charge in [-0.25, -0.2) is 0 Å². The summed E-state index contributed by atoms with van der Waals surface area (Å²) >= 11 is 8.19. The minimum atomic E-state index is -0.290. The number of fused-ring (bicyclic) bond motifs is 2. The maximum Gasteiger partial charge on any atom is 0.293 e. The Kier molecular flexibility index (Phi) is 7.30. The summed E-state index contributed by atoms with van der Waals surface area (Å²) in [5.41, 5.74) is 2.79. The summed E-state index contributed by atoms with van der Waals surface area (Å²) in [7, 11) is 0. The number of imide groups is 1. The summed E-state index contributed by atoms with van der Waals surface area (Å²) in [4.78, 5) is 27.7. The number of amides is 2. The Morgan fingerprint density at radius 1 is 0.769 bits per heavy atom. The molecular weight excluding hydrogens is 638 g/mol. The fourth-order valence-corrected chi connectivity index (χ4v) is 6.96. The van der Waals surface area contributed by atoms with Gasteiger partial charge in [-0.15, -0.1) is 0 Å². The molecule has 0 aliphatic carbocycles. The fraction of sp³-hybridized carbons (Fsp3) is 0.0625. The summed E-state index contributed by atoms with van der Waals surface area (Å²) < 4.78 is 7.63. The number of halogens is 2. The van der Waals surface area contributed by atoms with E-state index in [0.29, 0.717) is 17.3 Å². The van der Waals surface area contributed by atoms with Gasteiger partial charge in [-0.2, -0.15) is 0 Å². The number of hydrogen-bond donors (Lipinski definition) is 0. The molecule has 7 heteroatoms. The second kappa shape index (κ2) is 11.0. The first-order valence-corrected chi connectivity index (χ1v) is 14.7. The van der Waals surface area contributed by atoms with Gasteiger partial charge in [-0.1, -0.05) is 78.9 Å². The molecule has 5 aromatic carbocycles. The van der Waals surface area contributed by atoms with E-state index in [1.165, 1.54) is 15.7 Å². The molecule has 5 aromatic rings. The lowest BCUT2D eigenvalue weighted by atomic mass is 10.0. The van der Waals surface area contributed by atoms with Crippen LogP contribution in [0.2, 0.25) is 0 Å². The first-order valence-electron chi connectivity index (χ1n) is 12.3. The van der Waals surface area contributed by atoms with Gasteiger partial charge in [0.05, 0.1) is 20.4 Å². The van der Waals surface area contributed by atoms with E-state index in [1.807, 2.05) is 66.7 Å². The van der Waals surface area contributed by atoms with Gasteiger partial charge in [0, 0.05) is 0 Å². The average molecular weight is 659 g/mol. The van der Waals surface area contributed by atoms with Crippen molar-refractivity contribution in [2.45, 2.75) is 13.2 Å². The first kappa shape index (κ1) is 25.9. The first-order chi connectivity index (χ1) is 19.0. The van der Waals surface area contributed by atoms with Gasteiger partial charge in [-0.05, 0) is 106 Å². The van der Waals surface area contributed by atoms with Gasteiger partial charge in [0.2, 0.25) is 0 Å². The van der Waals surface area contributed by atoms with Crippen LogP contribution in [-0.4, -0.2) is 16.0 Å². The maximum absolute atomic E-state index is 13.2.